The lowest BCUT2D eigenvalue weighted by molar-refractivity contribution is 0.0290. The van der Waals surface area contributed by atoms with Crippen molar-refractivity contribution < 1.29 is 18.7 Å². The number of anilines is 1. The minimum Gasteiger partial charge on any atom is -0.381 e. The molecule has 0 spiro atoms. The average molecular weight is 499 g/mol. The highest BCUT2D eigenvalue weighted by Crippen LogP contribution is 2.41. The number of hydrogen-bond acceptors (Lipinski definition) is 5. The first-order chi connectivity index (χ1) is 17.2. The van der Waals surface area contributed by atoms with Crippen LogP contribution in [0.2, 0.25) is 0 Å². The number of urea groups is 1. The van der Waals surface area contributed by atoms with E-state index < -0.39 is 17.3 Å². The van der Waals surface area contributed by atoms with Crippen LogP contribution < -0.4 is 5.32 Å². The first-order valence-corrected chi connectivity index (χ1v) is 12.8. The Morgan fingerprint density at radius 3 is 2.75 bits per heavy atom. The number of benzene rings is 1. The van der Waals surface area contributed by atoms with Crippen molar-refractivity contribution in [3.05, 3.63) is 46.9 Å². The summed E-state index contributed by atoms with van der Waals surface area (Å²) in [5.41, 5.74) is 1.18. The topological polar surface area (TPSA) is 93.8 Å². The Labute approximate surface area is 211 Å². The van der Waals surface area contributed by atoms with Crippen LogP contribution in [0.1, 0.15) is 55.2 Å². The summed E-state index contributed by atoms with van der Waals surface area (Å²) in [6.07, 6.45) is 2.22. The third-order valence-corrected chi connectivity index (χ3v) is 7.83. The van der Waals surface area contributed by atoms with Crippen LogP contribution in [-0.2, 0) is 16.8 Å². The minimum absolute atomic E-state index is 0.00905. The number of H-pyrrole nitrogens is 1. The van der Waals surface area contributed by atoms with Crippen molar-refractivity contribution in [1.82, 2.24) is 24.9 Å². The van der Waals surface area contributed by atoms with Crippen LogP contribution in [-0.4, -0.2) is 82.3 Å². The van der Waals surface area contributed by atoms with Crippen LogP contribution >= 0.6 is 0 Å². The molecule has 2 N–H and O–H groups in total. The second kappa shape index (κ2) is 9.82. The molecule has 0 unspecified atom stereocenters. The lowest BCUT2D eigenvalue weighted by Crippen LogP contribution is -2.59. The maximum absolute atomic E-state index is 13.7. The number of rotatable bonds is 4. The van der Waals surface area contributed by atoms with E-state index in [-0.39, 0.29) is 17.6 Å². The number of ether oxygens (including phenoxy) is 1. The normalized spacial score (nSPS) is 22.5. The molecule has 10 heteroatoms. The molecule has 3 amide bonds. The second-order valence-corrected chi connectivity index (χ2v) is 10.7. The summed E-state index contributed by atoms with van der Waals surface area (Å²) in [5, 5.41) is 10.1. The van der Waals surface area contributed by atoms with E-state index in [1.54, 1.807) is 6.07 Å². The fourth-order valence-electron chi connectivity index (χ4n) is 5.67. The smallest absolute Gasteiger partial charge is 0.321 e. The van der Waals surface area contributed by atoms with Crippen molar-refractivity contribution in [3.63, 3.8) is 0 Å². The van der Waals surface area contributed by atoms with Crippen molar-refractivity contribution in [3.8, 4) is 0 Å². The molecule has 0 radical (unpaired) electrons. The molecule has 4 heterocycles. The van der Waals surface area contributed by atoms with E-state index in [4.69, 9.17) is 4.74 Å². The molecular formula is C26H35FN6O3. The SMILES string of the molecule is C[C@H]1CN(CC2CCOCC2)CCN1C(=O)N1Cc2c(NC(=O)c3cccc(F)c3)n[nH]c2C1(C)C. The third-order valence-electron chi connectivity index (χ3n) is 7.83. The van der Waals surface area contributed by atoms with Gasteiger partial charge >= 0.3 is 6.03 Å². The number of piperazine rings is 1. The zero-order valence-electron chi connectivity index (χ0n) is 21.2. The van der Waals surface area contributed by atoms with E-state index >= 15 is 0 Å². The number of carbonyl (C=O) groups excluding carboxylic acids is 2. The molecule has 5 rings (SSSR count). The van der Waals surface area contributed by atoms with Crippen LogP contribution in [0.3, 0.4) is 0 Å². The van der Waals surface area contributed by atoms with Gasteiger partial charge in [-0.2, -0.15) is 5.10 Å². The fourth-order valence-corrected chi connectivity index (χ4v) is 5.67. The molecule has 194 valence electrons. The molecule has 0 aliphatic carbocycles. The van der Waals surface area contributed by atoms with Crippen molar-refractivity contribution in [2.24, 2.45) is 5.92 Å². The average Bonchev–Trinajstić information content (AvgIpc) is 3.37. The maximum atomic E-state index is 13.7. The summed E-state index contributed by atoms with van der Waals surface area (Å²) in [6.45, 7) is 11.6. The molecule has 3 aliphatic heterocycles. The monoisotopic (exact) mass is 498 g/mol. The summed E-state index contributed by atoms with van der Waals surface area (Å²) in [6, 6.07) is 5.61. The van der Waals surface area contributed by atoms with E-state index in [9.17, 15) is 14.0 Å². The zero-order chi connectivity index (χ0) is 25.4. The van der Waals surface area contributed by atoms with Crippen molar-refractivity contribution in [1.29, 1.82) is 0 Å². The standard InChI is InChI=1S/C26H35FN6O3/c1-17-14-31(15-18-7-11-36-12-8-18)9-10-32(17)25(35)33-16-21-22(26(33,2)3)29-30-23(21)28-24(34)19-5-4-6-20(27)13-19/h4-6,13,17-18H,7-12,14-16H2,1-3H3,(H2,28,29,30,34)/t17-/m0/s1. The van der Waals surface area contributed by atoms with Crippen LogP contribution in [0.5, 0.6) is 0 Å². The van der Waals surface area contributed by atoms with Gasteiger partial charge in [0.05, 0.1) is 17.8 Å². The molecule has 1 aromatic heterocycles. The van der Waals surface area contributed by atoms with Crippen LogP contribution in [0.25, 0.3) is 0 Å². The first-order valence-electron chi connectivity index (χ1n) is 12.8. The number of nitrogens with one attached hydrogen (secondary N) is 2. The Morgan fingerprint density at radius 1 is 1.25 bits per heavy atom. The van der Waals surface area contributed by atoms with Gasteiger partial charge in [-0.15, -0.1) is 0 Å². The molecule has 0 bridgehead atoms. The zero-order valence-corrected chi connectivity index (χ0v) is 21.2. The predicted molar refractivity (Wildman–Crippen MR) is 133 cm³/mol. The van der Waals surface area contributed by atoms with Crippen LogP contribution in [0.4, 0.5) is 15.0 Å². The molecule has 2 saturated heterocycles. The molecule has 36 heavy (non-hydrogen) atoms. The lowest BCUT2D eigenvalue weighted by Gasteiger charge is -2.44. The van der Waals surface area contributed by atoms with E-state index in [0.717, 1.165) is 56.9 Å². The molecule has 3 aliphatic rings. The van der Waals surface area contributed by atoms with E-state index in [1.165, 1.54) is 18.2 Å². The fraction of sp³-hybridized carbons (Fsp3) is 0.577. The van der Waals surface area contributed by atoms with Gasteiger partial charge in [0.1, 0.15) is 5.82 Å². The number of carbonyl (C=O) groups is 2. The Kier molecular flexibility index (Phi) is 6.74. The van der Waals surface area contributed by atoms with Gasteiger partial charge in [0.15, 0.2) is 5.82 Å². The van der Waals surface area contributed by atoms with Gasteiger partial charge < -0.3 is 19.9 Å². The Hall–Kier alpha value is -2.98. The van der Waals surface area contributed by atoms with Crippen molar-refractivity contribution in [2.45, 2.75) is 51.7 Å². The van der Waals surface area contributed by atoms with E-state index in [1.807, 2.05) is 23.6 Å². The first kappa shape index (κ1) is 24.7. The van der Waals surface area contributed by atoms with Gasteiger partial charge in [-0.1, -0.05) is 6.07 Å². The Morgan fingerprint density at radius 2 is 2.03 bits per heavy atom. The summed E-state index contributed by atoms with van der Waals surface area (Å²) in [5.74, 6) is 0.122. The van der Waals surface area contributed by atoms with Gasteiger partial charge in [-0.05, 0) is 57.7 Å². The van der Waals surface area contributed by atoms with Crippen LogP contribution in [0.15, 0.2) is 24.3 Å². The second-order valence-electron chi connectivity index (χ2n) is 10.7. The van der Waals surface area contributed by atoms with E-state index in [0.29, 0.717) is 24.8 Å². The van der Waals surface area contributed by atoms with E-state index in [2.05, 4.69) is 27.3 Å². The molecule has 1 aromatic carbocycles. The summed E-state index contributed by atoms with van der Waals surface area (Å²) < 4.78 is 19.0. The molecule has 2 aromatic rings. The summed E-state index contributed by atoms with van der Waals surface area (Å²) in [4.78, 5) is 32.7. The van der Waals surface area contributed by atoms with Crippen molar-refractivity contribution >= 4 is 17.8 Å². The maximum Gasteiger partial charge on any atom is 0.321 e. The molecular weight excluding hydrogens is 463 g/mol. The van der Waals surface area contributed by atoms with Gasteiger partial charge in [0.2, 0.25) is 0 Å². The third kappa shape index (κ3) is 4.71. The number of fused-ring (bicyclic) bond motifs is 1. The molecule has 2 fully saturated rings. The highest BCUT2D eigenvalue weighted by molar-refractivity contribution is 6.04. The Balaban J connectivity index is 1.25. The number of halogens is 1. The quantitative estimate of drug-likeness (QED) is 0.674. The van der Waals surface area contributed by atoms with Crippen LogP contribution in [0, 0.1) is 11.7 Å². The van der Waals surface area contributed by atoms with Crippen molar-refractivity contribution in [2.75, 3.05) is 44.7 Å². The number of hydrogen-bond donors (Lipinski definition) is 2. The van der Waals surface area contributed by atoms with Gasteiger partial charge in [-0.25, -0.2) is 9.18 Å². The largest absolute Gasteiger partial charge is 0.381 e. The number of aromatic amines is 1. The predicted octanol–water partition coefficient (Wildman–Crippen LogP) is 3.40. The molecule has 0 saturated carbocycles. The number of aromatic nitrogens is 2. The molecule has 1 atom stereocenters. The highest BCUT2D eigenvalue weighted by Gasteiger charge is 2.46. The number of nitrogens with zero attached hydrogens (tertiary/aromatic N) is 4. The highest BCUT2D eigenvalue weighted by atomic mass is 19.1. The molecule has 9 nitrogen and oxygen atoms in total. The van der Waals surface area contributed by atoms with Gasteiger partial charge in [0, 0.05) is 56.6 Å². The van der Waals surface area contributed by atoms with Gasteiger partial charge in [0.25, 0.3) is 5.91 Å². The number of amides is 3. The lowest BCUT2D eigenvalue weighted by atomic mass is 9.99. The minimum atomic E-state index is -0.611. The summed E-state index contributed by atoms with van der Waals surface area (Å²) >= 11 is 0. The van der Waals surface area contributed by atoms with Gasteiger partial charge in [-0.3, -0.25) is 14.8 Å². The summed E-state index contributed by atoms with van der Waals surface area (Å²) in [7, 11) is 0. The Bertz CT molecular complexity index is 1130.